The second-order valence-corrected chi connectivity index (χ2v) is 9.35. The highest BCUT2D eigenvalue weighted by atomic mass is 16.5. The van der Waals surface area contributed by atoms with Crippen LogP contribution in [0.2, 0.25) is 0 Å². The smallest absolute Gasteiger partial charge is 0.322 e. The van der Waals surface area contributed by atoms with E-state index in [9.17, 15) is 19.2 Å². The van der Waals surface area contributed by atoms with Crippen molar-refractivity contribution < 1.29 is 28.7 Å². The number of imide groups is 1. The Labute approximate surface area is 219 Å². The van der Waals surface area contributed by atoms with Gasteiger partial charge in [0.2, 0.25) is 0 Å². The molecule has 0 spiro atoms. The second-order valence-electron chi connectivity index (χ2n) is 9.35. The first-order valence-electron chi connectivity index (χ1n) is 11.9. The van der Waals surface area contributed by atoms with Crippen molar-refractivity contribution in [3.63, 3.8) is 0 Å². The number of rotatable bonds is 7. The summed E-state index contributed by atoms with van der Waals surface area (Å²) >= 11 is 0. The SMILES string of the molecule is COc1ccc2c(c1)C(=O)N(C[C@@]1(c3ccc(Oc4cccc(C(=O)N(C)C)c4)cc3)NC(=O)NC1=O)C2. The zero-order valence-electron chi connectivity index (χ0n) is 21.1. The highest BCUT2D eigenvalue weighted by Gasteiger charge is 2.50. The first-order chi connectivity index (χ1) is 18.2. The molecule has 38 heavy (non-hydrogen) atoms. The van der Waals surface area contributed by atoms with Gasteiger partial charge in [-0.15, -0.1) is 0 Å². The Bertz CT molecular complexity index is 1450. The number of fused-ring (bicyclic) bond motifs is 1. The minimum Gasteiger partial charge on any atom is -0.497 e. The zero-order chi connectivity index (χ0) is 27.0. The second kappa shape index (κ2) is 9.55. The summed E-state index contributed by atoms with van der Waals surface area (Å²) in [6.45, 7) is 0.238. The molecule has 2 aliphatic rings. The summed E-state index contributed by atoms with van der Waals surface area (Å²) in [5, 5.41) is 5.03. The van der Waals surface area contributed by atoms with Gasteiger partial charge in [-0.1, -0.05) is 24.3 Å². The van der Waals surface area contributed by atoms with Gasteiger partial charge in [0, 0.05) is 31.8 Å². The number of carbonyl (C=O) groups is 4. The molecule has 1 saturated heterocycles. The fourth-order valence-electron chi connectivity index (χ4n) is 4.67. The maximum absolute atomic E-state index is 13.2. The summed E-state index contributed by atoms with van der Waals surface area (Å²) < 4.78 is 11.2. The highest BCUT2D eigenvalue weighted by Crippen LogP contribution is 2.33. The molecule has 1 atom stereocenters. The number of hydrogen-bond acceptors (Lipinski definition) is 6. The van der Waals surface area contributed by atoms with Crippen LogP contribution in [0.15, 0.2) is 66.7 Å². The number of carbonyl (C=O) groups excluding carboxylic acids is 4. The van der Waals surface area contributed by atoms with Crippen LogP contribution in [-0.2, 0) is 16.9 Å². The molecule has 0 saturated carbocycles. The summed E-state index contributed by atoms with van der Waals surface area (Å²) in [6.07, 6.45) is 0. The maximum atomic E-state index is 13.2. The number of amides is 5. The van der Waals surface area contributed by atoms with Gasteiger partial charge in [0.05, 0.1) is 13.7 Å². The molecule has 2 N–H and O–H groups in total. The number of nitrogens with one attached hydrogen (secondary N) is 2. The molecule has 2 aliphatic heterocycles. The van der Waals surface area contributed by atoms with E-state index in [2.05, 4.69) is 10.6 Å². The minimum atomic E-state index is -1.48. The number of benzene rings is 3. The molecule has 10 nitrogen and oxygen atoms in total. The van der Waals surface area contributed by atoms with Crippen molar-refractivity contribution >= 4 is 23.8 Å². The molecule has 194 valence electrons. The standard InChI is InChI=1S/C28H26N4O6/c1-31(2)24(33)17-5-4-6-22(13-17)38-20-11-8-19(9-12-20)28(26(35)29-27(36)30-28)16-32-15-18-7-10-21(37-3)14-23(18)25(32)34/h4-14H,15-16H2,1-3H3,(H2,29,30,35,36)/t28-/m0/s1. The van der Waals surface area contributed by atoms with Crippen LogP contribution < -0.4 is 20.1 Å². The molecule has 0 bridgehead atoms. The van der Waals surface area contributed by atoms with E-state index in [0.29, 0.717) is 40.5 Å². The van der Waals surface area contributed by atoms with Crippen molar-refractivity contribution in [3.8, 4) is 17.2 Å². The lowest BCUT2D eigenvalue weighted by Gasteiger charge is -2.31. The van der Waals surface area contributed by atoms with Crippen molar-refractivity contribution in [2.45, 2.75) is 12.1 Å². The van der Waals surface area contributed by atoms with Crippen molar-refractivity contribution in [3.05, 3.63) is 89.0 Å². The summed E-state index contributed by atoms with van der Waals surface area (Å²) in [6, 6.07) is 18.1. The number of urea groups is 1. The molecule has 2 heterocycles. The molecule has 3 aromatic rings. The molecule has 0 aliphatic carbocycles. The Balaban J connectivity index is 1.39. The van der Waals surface area contributed by atoms with Gasteiger partial charge in [0.15, 0.2) is 5.54 Å². The third-order valence-corrected chi connectivity index (χ3v) is 6.64. The molecule has 5 amide bonds. The zero-order valence-corrected chi connectivity index (χ0v) is 21.1. The van der Waals surface area contributed by atoms with Gasteiger partial charge >= 0.3 is 6.03 Å². The van der Waals surface area contributed by atoms with Crippen LogP contribution in [0.3, 0.4) is 0 Å². The molecule has 0 aromatic heterocycles. The Morgan fingerprint density at radius 2 is 1.71 bits per heavy atom. The molecule has 0 unspecified atom stereocenters. The van der Waals surface area contributed by atoms with Crippen molar-refractivity contribution in [1.82, 2.24) is 20.4 Å². The highest BCUT2D eigenvalue weighted by molar-refractivity contribution is 6.08. The van der Waals surface area contributed by atoms with Gasteiger partial charge in [0.1, 0.15) is 17.2 Å². The quantitative estimate of drug-likeness (QED) is 0.469. The molecular weight excluding hydrogens is 488 g/mol. The van der Waals surface area contributed by atoms with Crippen LogP contribution in [0.25, 0.3) is 0 Å². The van der Waals surface area contributed by atoms with Gasteiger partial charge in [-0.05, 0) is 53.6 Å². The van der Waals surface area contributed by atoms with E-state index in [1.165, 1.54) is 16.9 Å². The van der Waals surface area contributed by atoms with Crippen LogP contribution >= 0.6 is 0 Å². The fraction of sp³-hybridized carbons (Fsp3) is 0.214. The third-order valence-electron chi connectivity index (χ3n) is 6.64. The Morgan fingerprint density at radius 1 is 0.974 bits per heavy atom. The van der Waals surface area contributed by atoms with Crippen LogP contribution in [0.1, 0.15) is 31.8 Å². The van der Waals surface area contributed by atoms with Crippen LogP contribution in [0.5, 0.6) is 17.2 Å². The van der Waals surface area contributed by atoms with Gasteiger partial charge < -0.3 is 24.6 Å². The largest absolute Gasteiger partial charge is 0.497 e. The van der Waals surface area contributed by atoms with Crippen LogP contribution in [0, 0.1) is 0 Å². The van der Waals surface area contributed by atoms with E-state index in [1.54, 1.807) is 74.8 Å². The summed E-state index contributed by atoms with van der Waals surface area (Å²) in [4.78, 5) is 53.8. The molecular formula is C28H26N4O6. The summed E-state index contributed by atoms with van der Waals surface area (Å²) in [5.74, 6) is 0.565. The Morgan fingerprint density at radius 3 is 2.37 bits per heavy atom. The van der Waals surface area contributed by atoms with E-state index >= 15 is 0 Å². The normalized spacial score (nSPS) is 18.1. The van der Waals surface area contributed by atoms with Gasteiger partial charge in [0.25, 0.3) is 17.7 Å². The van der Waals surface area contributed by atoms with E-state index in [-0.39, 0.29) is 18.4 Å². The van der Waals surface area contributed by atoms with Crippen molar-refractivity contribution in [2.75, 3.05) is 27.7 Å². The monoisotopic (exact) mass is 514 g/mol. The number of methoxy groups -OCH3 is 1. The van der Waals surface area contributed by atoms with Crippen LogP contribution in [-0.4, -0.2) is 61.3 Å². The van der Waals surface area contributed by atoms with Gasteiger partial charge in [-0.25, -0.2) is 4.79 Å². The minimum absolute atomic E-state index is 0.0602. The summed E-state index contributed by atoms with van der Waals surface area (Å²) in [7, 11) is 4.88. The predicted molar refractivity (Wildman–Crippen MR) is 137 cm³/mol. The topological polar surface area (TPSA) is 117 Å². The van der Waals surface area contributed by atoms with Crippen molar-refractivity contribution in [1.29, 1.82) is 0 Å². The van der Waals surface area contributed by atoms with E-state index < -0.39 is 17.5 Å². The lowest BCUT2D eigenvalue weighted by molar-refractivity contribution is -0.124. The molecule has 0 radical (unpaired) electrons. The first-order valence-corrected chi connectivity index (χ1v) is 11.9. The summed E-state index contributed by atoms with van der Waals surface area (Å²) in [5.41, 5.74) is 0.820. The maximum Gasteiger partial charge on any atom is 0.322 e. The van der Waals surface area contributed by atoms with Gasteiger partial charge in [-0.2, -0.15) is 0 Å². The number of ether oxygens (including phenoxy) is 2. The Kier molecular flexibility index (Phi) is 6.23. The molecule has 5 rings (SSSR count). The van der Waals surface area contributed by atoms with Crippen molar-refractivity contribution in [2.24, 2.45) is 0 Å². The van der Waals surface area contributed by atoms with E-state index in [4.69, 9.17) is 9.47 Å². The average molecular weight is 515 g/mol. The Hall–Kier alpha value is -4.86. The van der Waals surface area contributed by atoms with Gasteiger partial charge in [-0.3, -0.25) is 19.7 Å². The van der Waals surface area contributed by atoms with E-state index in [1.807, 2.05) is 6.07 Å². The average Bonchev–Trinajstić information content (AvgIpc) is 3.38. The van der Waals surface area contributed by atoms with Crippen LogP contribution in [0.4, 0.5) is 4.79 Å². The predicted octanol–water partition coefficient (Wildman–Crippen LogP) is 2.88. The third kappa shape index (κ3) is 4.40. The lowest BCUT2D eigenvalue weighted by Crippen LogP contribution is -2.52. The number of nitrogens with zero attached hydrogens (tertiary/aromatic N) is 2. The number of hydrogen-bond donors (Lipinski definition) is 2. The molecule has 3 aromatic carbocycles. The fourth-order valence-corrected chi connectivity index (χ4v) is 4.67. The van der Waals surface area contributed by atoms with E-state index in [0.717, 1.165) is 5.56 Å². The molecule has 1 fully saturated rings. The lowest BCUT2D eigenvalue weighted by atomic mass is 9.89. The molecule has 10 heteroatoms. The first kappa shape index (κ1) is 24.8.